The number of hydrogen-bond acceptors (Lipinski definition) is 4. The van der Waals surface area contributed by atoms with E-state index in [9.17, 15) is 13.6 Å². The molecule has 2 aromatic rings. The summed E-state index contributed by atoms with van der Waals surface area (Å²) in [6.07, 6.45) is 1.02. The molecule has 0 aliphatic rings. The van der Waals surface area contributed by atoms with Gasteiger partial charge in [-0.2, -0.15) is 0 Å². The van der Waals surface area contributed by atoms with Crippen LogP contribution in [-0.2, 0) is 15.1 Å². The fraction of sp³-hybridized carbons (Fsp3) is 0.200. The van der Waals surface area contributed by atoms with E-state index in [1.807, 2.05) is 0 Å². The van der Waals surface area contributed by atoms with E-state index in [2.05, 4.69) is 10.3 Å². The highest BCUT2D eigenvalue weighted by Gasteiger charge is 2.38. The second kappa shape index (κ2) is 5.87. The third-order valence-electron chi connectivity index (χ3n) is 3.07. The Morgan fingerprint density at radius 1 is 1.14 bits per heavy atom. The zero-order valence-electron chi connectivity index (χ0n) is 11.6. The highest BCUT2D eigenvalue weighted by molar-refractivity contribution is 5.85. The van der Waals surface area contributed by atoms with E-state index in [1.54, 1.807) is 6.92 Å². The standard InChI is InChI=1S/C15H14F2N2O2/c1-15(14(20)21-2,13-8-5-11(17)9-18-13)19-12-6-3-10(16)4-7-12/h3-9,19H,1-2H3. The number of hydrogen-bond donors (Lipinski definition) is 1. The molecule has 6 heteroatoms. The summed E-state index contributed by atoms with van der Waals surface area (Å²) in [6.45, 7) is 1.56. The molecule has 0 fully saturated rings. The van der Waals surface area contributed by atoms with E-state index in [4.69, 9.17) is 4.74 Å². The quantitative estimate of drug-likeness (QED) is 0.880. The number of rotatable bonds is 4. The average Bonchev–Trinajstić information content (AvgIpc) is 2.49. The number of carbonyl (C=O) groups excluding carboxylic acids is 1. The minimum atomic E-state index is -1.32. The maximum Gasteiger partial charge on any atom is 0.337 e. The summed E-state index contributed by atoms with van der Waals surface area (Å²) >= 11 is 0. The van der Waals surface area contributed by atoms with Gasteiger partial charge in [0.15, 0.2) is 5.54 Å². The third-order valence-corrected chi connectivity index (χ3v) is 3.07. The molecule has 21 heavy (non-hydrogen) atoms. The first-order valence-corrected chi connectivity index (χ1v) is 6.20. The van der Waals surface area contributed by atoms with Crippen molar-refractivity contribution in [3.05, 3.63) is 59.9 Å². The molecular formula is C15H14F2N2O2. The van der Waals surface area contributed by atoms with E-state index in [-0.39, 0.29) is 5.82 Å². The van der Waals surface area contributed by atoms with Gasteiger partial charge in [-0.25, -0.2) is 13.6 Å². The first kappa shape index (κ1) is 14.9. The number of nitrogens with zero attached hydrogens (tertiary/aromatic N) is 1. The molecule has 1 atom stereocenters. The van der Waals surface area contributed by atoms with Gasteiger partial charge in [-0.15, -0.1) is 0 Å². The van der Waals surface area contributed by atoms with Crippen LogP contribution in [0.4, 0.5) is 14.5 Å². The minimum Gasteiger partial charge on any atom is -0.467 e. The lowest BCUT2D eigenvalue weighted by Gasteiger charge is -2.28. The summed E-state index contributed by atoms with van der Waals surface area (Å²) < 4.78 is 30.7. The van der Waals surface area contributed by atoms with Gasteiger partial charge in [0, 0.05) is 5.69 Å². The number of aromatic nitrogens is 1. The summed E-state index contributed by atoms with van der Waals surface area (Å²) in [5.74, 6) is -1.49. The van der Waals surface area contributed by atoms with E-state index < -0.39 is 17.3 Å². The summed E-state index contributed by atoms with van der Waals surface area (Å²) in [6, 6.07) is 8.09. The van der Waals surface area contributed by atoms with Crippen LogP contribution in [-0.4, -0.2) is 18.1 Å². The van der Waals surface area contributed by atoms with Crippen LogP contribution in [0.3, 0.4) is 0 Å². The first-order valence-electron chi connectivity index (χ1n) is 6.20. The molecule has 2 rings (SSSR count). The van der Waals surface area contributed by atoms with E-state index in [0.29, 0.717) is 11.4 Å². The van der Waals surface area contributed by atoms with Gasteiger partial charge in [-0.3, -0.25) is 4.98 Å². The summed E-state index contributed by atoms with van der Waals surface area (Å²) in [4.78, 5) is 16.0. The van der Waals surface area contributed by atoms with Crippen molar-refractivity contribution in [2.24, 2.45) is 0 Å². The SMILES string of the molecule is COC(=O)C(C)(Nc1ccc(F)cc1)c1ccc(F)cn1. The van der Waals surface area contributed by atoms with E-state index >= 15 is 0 Å². The maximum absolute atomic E-state index is 13.0. The smallest absolute Gasteiger partial charge is 0.337 e. The lowest BCUT2D eigenvalue weighted by Crippen LogP contribution is -2.42. The van der Waals surface area contributed by atoms with Crippen LogP contribution in [0, 0.1) is 11.6 Å². The molecule has 1 unspecified atom stereocenters. The lowest BCUT2D eigenvalue weighted by atomic mass is 9.96. The normalized spacial score (nSPS) is 13.3. The Morgan fingerprint density at radius 3 is 2.29 bits per heavy atom. The number of esters is 1. The number of carbonyl (C=O) groups is 1. The number of benzene rings is 1. The summed E-state index contributed by atoms with van der Waals surface area (Å²) in [5.41, 5.74) is -0.518. The van der Waals surface area contributed by atoms with Gasteiger partial charge in [0.2, 0.25) is 0 Å². The fourth-order valence-electron chi connectivity index (χ4n) is 1.92. The molecule has 1 N–H and O–H groups in total. The molecule has 110 valence electrons. The molecular weight excluding hydrogens is 278 g/mol. The molecule has 4 nitrogen and oxygen atoms in total. The molecule has 1 aromatic carbocycles. The van der Waals surface area contributed by atoms with Crippen molar-refractivity contribution in [1.29, 1.82) is 0 Å². The van der Waals surface area contributed by atoms with Crippen molar-refractivity contribution < 1.29 is 18.3 Å². The second-order valence-corrected chi connectivity index (χ2v) is 4.61. The predicted octanol–water partition coefficient (Wildman–Crippen LogP) is 2.86. The Labute approximate surface area is 120 Å². The maximum atomic E-state index is 13.0. The van der Waals surface area contributed by atoms with Crippen molar-refractivity contribution in [2.75, 3.05) is 12.4 Å². The third kappa shape index (κ3) is 3.16. The molecule has 0 saturated carbocycles. The molecule has 0 saturated heterocycles. The second-order valence-electron chi connectivity index (χ2n) is 4.61. The number of pyridine rings is 1. The van der Waals surface area contributed by atoms with Crippen LogP contribution in [0.15, 0.2) is 42.6 Å². The van der Waals surface area contributed by atoms with Crippen LogP contribution < -0.4 is 5.32 Å². The first-order chi connectivity index (χ1) is 9.95. The van der Waals surface area contributed by atoms with Gasteiger partial charge in [0.05, 0.1) is 19.0 Å². The Morgan fingerprint density at radius 2 is 1.76 bits per heavy atom. The number of ether oxygens (including phenoxy) is 1. The van der Waals surface area contributed by atoms with Gasteiger partial charge in [-0.05, 0) is 43.3 Å². The van der Waals surface area contributed by atoms with Gasteiger partial charge in [0.1, 0.15) is 11.6 Å². The van der Waals surface area contributed by atoms with Crippen LogP contribution in [0.25, 0.3) is 0 Å². The molecule has 1 aromatic heterocycles. The Bertz CT molecular complexity index is 629. The fourth-order valence-corrected chi connectivity index (χ4v) is 1.92. The van der Waals surface area contributed by atoms with Crippen LogP contribution in [0.1, 0.15) is 12.6 Å². The number of halogens is 2. The van der Waals surface area contributed by atoms with Gasteiger partial charge < -0.3 is 10.1 Å². The molecule has 0 amide bonds. The van der Waals surface area contributed by atoms with E-state index in [0.717, 1.165) is 6.20 Å². The van der Waals surface area contributed by atoms with Crippen LogP contribution in [0.5, 0.6) is 0 Å². The zero-order chi connectivity index (χ0) is 15.5. The summed E-state index contributed by atoms with van der Waals surface area (Å²) in [7, 11) is 1.25. The monoisotopic (exact) mass is 292 g/mol. The van der Waals surface area contributed by atoms with Gasteiger partial charge in [-0.1, -0.05) is 0 Å². The molecule has 0 bridgehead atoms. The van der Waals surface area contributed by atoms with Crippen LogP contribution in [0.2, 0.25) is 0 Å². The largest absolute Gasteiger partial charge is 0.467 e. The molecule has 0 radical (unpaired) electrons. The number of methoxy groups -OCH3 is 1. The highest BCUT2D eigenvalue weighted by atomic mass is 19.1. The van der Waals surface area contributed by atoms with Crippen molar-refractivity contribution in [1.82, 2.24) is 4.98 Å². The van der Waals surface area contributed by atoms with Crippen LogP contribution >= 0.6 is 0 Å². The van der Waals surface area contributed by atoms with Crippen molar-refractivity contribution in [2.45, 2.75) is 12.5 Å². The highest BCUT2D eigenvalue weighted by Crippen LogP contribution is 2.26. The average molecular weight is 292 g/mol. The topological polar surface area (TPSA) is 51.2 Å². The zero-order valence-corrected chi connectivity index (χ0v) is 11.6. The molecule has 1 heterocycles. The van der Waals surface area contributed by atoms with Gasteiger partial charge >= 0.3 is 5.97 Å². The van der Waals surface area contributed by atoms with E-state index in [1.165, 1.54) is 43.5 Å². The lowest BCUT2D eigenvalue weighted by molar-refractivity contribution is -0.145. The summed E-state index contributed by atoms with van der Waals surface area (Å²) in [5, 5.41) is 2.94. The van der Waals surface area contributed by atoms with Gasteiger partial charge in [0.25, 0.3) is 0 Å². The minimum absolute atomic E-state index is 0.292. The Balaban J connectivity index is 2.39. The molecule has 0 aliphatic heterocycles. The Kier molecular flexibility index (Phi) is 4.16. The predicted molar refractivity (Wildman–Crippen MR) is 73.6 cm³/mol. The van der Waals surface area contributed by atoms with Crippen molar-refractivity contribution in [3.63, 3.8) is 0 Å². The van der Waals surface area contributed by atoms with Crippen molar-refractivity contribution in [3.8, 4) is 0 Å². The number of anilines is 1. The number of nitrogens with one attached hydrogen (secondary N) is 1. The molecule has 0 spiro atoms. The molecule has 0 aliphatic carbocycles. The van der Waals surface area contributed by atoms with Crippen molar-refractivity contribution >= 4 is 11.7 Å². The Hall–Kier alpha value is -2.50.